The van der Waals surface area contributed by atoms with Crippen molar-refractivity contribution in [1.29, 1.82) is 0 Å². The summed E-state index contributed by atoms with van der Waals surface area (Å²) in [5, 5.41) is 12.2. The summed E-state index contributed by atoms with van der Waals surface area (Å²) in [5.41, 5.74) is 2.26. The molecule has 1 radical (unpaired) electrons. The SMILES string of the molecule is CC(C)(O)C(C)(C)O[B]c1ccc2c(c1)-c1c(Cl)c3ccccc3n1C(C1CC1)O2. The Morgan fingerprint density at radius 2 is 1.87 bits per heavy atom. The Bertz CT molecular complexity index is 1130. The average Bonchev–Trinajstić information content (AvgIpc) is 3.50. The van der Waals surface area contributed by atoms with Gasteiger partial charge in [0.2, 0.25) is 0 Å². The standard InChI is InChI=1S/C24H26BClNO3/c1-23(2,28)24(3,4)30-25-15-11-12-19-17(13-15)21-20(26)16-7-5-6-8-18(16)27(21)22(29-19)14-9-10-14/h5-8,11-14,22,28H,9-10H2,1-4H3. The van der Waals surface area contributed by atoms with Gasteiger partial charge >= 0.3 is 7.48 Å². The van der Waals surface area contributed by atoms with Gasteiger partial charge in [0.1, 0.15) is 5.75 Å². The van der Waals surface area contributed by atoms with E-state index in [-0.39, 0.29) is 6.23 Å². The highest BCUT2D eigenvalue weighted by atomic mass is 35.5. The number of para-hydroxylation sites is 1. The van der Waals surface area contributed by atoms with Crippen molar-refractivity contribution in [3.05, 3.63) is 47.5 Å². The molecule has 2 aliphatic rings. The van der Waals surface area contributed by atoms with Crippen LogP contribution >= 0.6 is 11.6 Å². The molecule has 0 spiro atoms. The summed E-state index contributed by atoms with van der Waals surface area (Å²) in [6.45, 7) is 7.25. The molecule has 0 saturated heterocycles. The van der Waals surface area contributed by atoms with Crippen LogP contribution in [0.3, 0.4) is 0 Å². The second-order valence-electron chi connectivity index (χ2n) is 9.46. The van der Waals surface area contributed by atoms with E-state index in [0.29, 0.717) is 5.92 Å². The zero-order chi connectivity index (χ0) is 21.3. The summed E-state index contributed by atoms with van der Waals surface area (Å²) < 4.78 is 14.7. The summed E-state index contributed by atoms with van der Waals surface area (Å²) in [7, 11) is 1.70. The predicted molar refractivity (Wildman–Crippen MR) is 122 cm³/mol. The van der Waals surface area contributed by atoms with Crippen LogP contribution in [0.15, 0.2) is 42.5 Å². The fraction of sp³-hybridized carbons (Fsp3) is 0.417. The quantitative estimate of drug-likeness (QED) is 0.584. The van der Waals surface area contributed by atoms with Gasteiger partial charge in [-0.25, -0.2) is 0 Å². The number of aliphatic hydroxyl groups is 1. The van der Waals surface area contributed by atoms with E-state index in [1.54, 1.807) is 21.3 Å². The van der Waals surface area contributed by atoms with Crippen molar-refractivity contribution in [2.75, 3.05) is 0 Å². The molecule has 155 valence electrons. The summed E-state index contributed by atoms with van der Waals surface area (Å²) >= 11 is 6.90. The number of hydrogen-bond donors (Lipinski definition) is 1. The number of aromatic nitrogens is 1. The van der Waals surface area contributed by atoms with E-state index in [1.807, 2.05) is 38.1 Å². The fourth-order valence-corrected chi connectivity index (χ4v) is 4.23. The lowest BCUT2D eigenvalue weighted by Gasteiger charge is -2.37. The van der Waals surface area contributed by atoms with Crippen LogP contribution in [0.5, 0.6) is 5.75 Å². The second kappa shape index (κ2) is 6.78. The van der Waals surface area contributed by atoms with Crippen molar-refractivity contribution >= 4 is 35.4 Å². The number of hydrogen-bond acceptors (Lipinski definition) is 3. The average molecular weight is 423 g/mol. The number of fused-ring (bicyclic) bond motifs is 5. The van der Waals surface area contributed by atoms with E-state index in [4.69, 9.17) is 21.0 Å². The molecular formula is C24H26BClNO3. The van der Waals surface area contributed by atoms with Gasteiger partial charge in [0.05, 0.1) is 27.4 Å². The molecule has 1 unspecified atom stereocenters. The third-order valence-corrected chi connectivity index (χ3v) is 6.98. The molecular weight excluding hydrogens is 397 g/mol. The van der Waals surface area contributed by atoms with Crippen LogP contribution in [0.25, 0.3) is 22.2 Å². The van der Waals surface area contributed by atoms with E-state index in [9.17, 15) is 5.11 Å². The van der Waals surface area contributed by atoms with Crippen molar-refractivity contribution < 1.29 is 14.5 Å². The first-order valence-corrected chi connectivity index (χ1v) is 10.9. The molecule has 6 heteroatoms. The third kappa shape index (κ3) is 3.15. The lowest BCUT2D eigenvalue weighted by Crippen LogP contribution is -2.49. The molecule has 5 rings (SSSR count). The van der Waals surface area contributed by atoms with E-state index < -0.39 is 11.2 Å². The summed E-state index contributed by atoms with van der Waals surface area (Å²) in [6.07, 6.45) is 2.33. The monoisotopic (exact) mass is 422 g/mol. The van der Waals surface area contributed by atoms with Gasteiger partial charge in [-0.1, -0.05) is 47.4 Å². The van der Waals surface area contributed by atoms with E-state index in [0.717, 1.165) is 38.4 Å². The molecule has 30 heavy (non-hydrogen) atoms. The largest absolute Gasteiger partial charge is 0.469 e. The maximum Gasteiger partial charge on any atom is 0.330 e. The smallest absolute Gasteiger partial charge is 0.330 e. The van der Waals surface area contributed by atoms with Gasteiger partial charge in [-0.05, 0) is 52.7 Å². The molecule has 1 saturated carbocycles. The Labute approximate surface area is 183 Å². The van der Waals surface area contributed by atoms with E-state index in [1.165, 1.54) is 12.8 Å². The topological polar surface area (TPSA) is 43.6 Å². The van der Waals surface area contributed by atoms with Gasteiger partial charge < -0.3 is 19.1 Å². The van der Waals surface area contributed by atoms with Crippen LogP contribution in [0, 0.1) is 5.92 Å². The minimum atomic E-state index is -0.978. The molecule has 0 bridgehead atoms. The summed E-state index contributed by atoms with van der Waals surface area (Å²) in [4.78, 5) is 0. The number of halogens is 1. The first-order valence-electron chi connectivity index (χ1n) is 10.5. The highest BCUT2D eigenvalue weighted by Crippen LogP contribution is 2.52. The minimum absolute atomic E-state index is 0.0231. The molecule has 1 fully saturated rings. The molecule has 3 aromatic rings. The number of benzene rings is 2. The van der Waals surface area contributed by atoms with Crippen LogP contribution in [0.2, 0.25) is 5.02 Å². The molecule has 1 N–H and O–H groups in total. The fourth-order valence-electron chi connectivity index (χ4n) is 3.87. The number of rotatable bonds is 5. The minimum Gasteiger partial charge on any atom is -0.469 e. The zero-order valence-corrected chi connectivity index (χ0v) is 18.5. The van der Waals surface area contributed by atoms with Crippen LogP contribution in [0.1, 0.15) is 46.8 Å². The van der Waals surface area contributed by atoms with Gasteiger partial charge in [-0.3, -0.25) is 0 Å². The maximum atomic E-state index is 10.4. The lowest BCUT2D eigenvalue weighted by molar-refractivity contribution is -0.0893. The first kappa shape index (κ1) is 20.0. The molecule has 1 aliphatic heterocycles. The second-order valence-corrected chi connectivity index (χ2v) is 9.83. The van der Waals surface area contributed by atoms with Crippen LogP contribution in [0.4, 0.5) is 0 Å². The Kier molecular flexibility index (Phi) is 4.52. The van der Waals surface area contributed by atoms with E-state index in [2.05, 4.69) is 22.8 Å². The van der Waals surface area contributed by atoms with Gasteiger partial charge in [0, 0.05) is 16.9 Å². The van der Waals surface area contributed by atoms with Crippen LogP contribution in [-0.2, 0) is 4.65 Å². The normalized spacial score (nSPS) is 18.7. The molecule has 1 aliphatic carbocycles. The molecule has 2 aromatic carbocycles. The van der Waals surface area contributed by atoms with Gasteiger partial charge in [0.15, 0.2) is 6.23 Å². The van der Waals surface area contributed by atoms with Crippen molar-refractivity contribution in [2.24, 2.45) is 5.92 Å². The molecule has 1 atom stereocenters. The number of nitrogens with zero attached hydrogens (tertiary/aromatic N) is 1. The zero-order valence-electron chi connectivity index (χ0n) is 17.8. The summed E-state index contributed by atoms with van der Waals surface area (Å²) in [6, 6.07) is 14.3. The lowest BCUT2D eigenvalue weighted by atomic mass is 9.81. The van der Waals surface area contributed by atoms with Gasteiger partial charge in [-0.15, -0.1) is 0 Å². The Balaban J connectivity index is 1.58. The highest BCUT2D eigenvalue weighted by molar-refractivity contribution is 6.47. The molecule has 2 heterocycles. The van der Waals surface area contributed by atoms with Crippen molar-refractivity contribution in [3.63, 3.8) is 0 Å². The predicted octanol–water partition coefficient (Wildman–Crippen LogP) is 5.07. The van der Waals surface area contributed by atoms with Crippen LogP contribution in [-0.4, -0.2) is 28.4 Å². The maximum absolute atomic E-state index is 10.4. The Morgan fingerprint density at radius 1 is 1.13 bits per heavy atom. The van der Waals surface area contributed by atoms with Crippen LogP contribution < -0.4 is 10.2 Å². The molecule has 0 amide bonds. The number of ether oxygens (including phenoxy) is 1. The Hall–Kier alpha value is -1.95. The van der Waals surface area contributed by atoms with Crippen molar-refractivity contribution in [1.82, 2.24) is 4.57 Å². The van der Waals surface area contributed by atoms with E-state index >= 15 is 0 Å². The van der Waals surface area contributed by atoms with Crippen molar-refractivity contribution in [3.8, 4) is 17.0 Å². The van der Waals surface area contributed by atoms with Gasteiger partial charge in [0.25, 0.3) is 0 Å². The van der Waals surface area contributed by atoms with Gasteiger partial charge in [-0.2, -0.15) is 0 Å². The molecule has 4 nitrogen and oxygen atoms in total. The molecule has 1 aromatic heterocycles. The Morgan fingerprint density at radius 3 is 2.57 bits per heavy atom. The third-order valence-electron chi connectivity index (χ3n) is 6.60. The first-order chi connectivity index (χ1) is 14.2. The summed E-state index contributed by atoms with van der Waals surface area (Å²) in [5.74, 6) is 1.37. The highest BCUT2D eigenvalue weighted by Gasteiger charge is 2.41. The van der Waals surface area contributed by atoms with Crippen molar-refractivity contribution in [2.45, 2.75) is 58.0 Å².